The lowest BCUT2D eigenvalue weighted by Crippen LogP contribution is -2.46. The van der Waals surface area contributed by atoms with Crippen LogP contribution in [0.4, 0.5) is 8.78 Å². The van der Waals surface area contributed by atoms with Gasteiger partial charge < -0.3 is 4.98 Å². The number of nitrogens with one attached hydrogen (secondary N) is 2. The average Bonchev–Trinajstić information content (AvgIpc) is 3.14. The van der Waals surface area contributed by atoms with E-state index in [1.807, 2.05) is 11.0 Å². The second-order valence-electron chi connectivity index (χ2n) is 6.83. The first kappa shape index (κ1) is 15.2. The molecule has 3 aromatic rings. The third-order valence-electron chi connectivity index (χ3n) is 5.21. The van der Waals surface area contributed by atoms with Crippen molar-refractivity contribution in [3.8, 4) is 10.4 Å². The van der Waals surface area contributed by atoms with Gasteiger partial charge in [0.15, 0.2) is 0 Å². The molecule has 0 bridgehead atoms. The molecule has 5 rings (SSSR count). The maximum Gasteiger partial charge on any atom is 0.266 e. The van der Waals surface area contributed by atoms with Crippen LogP contribution in [-0.4, -0.2) is 39.1 Å². The van der Waals surface area contributed by atoms with Gasteiger partial charge in [0.05, 0.1) is 12.2 Å². The summed E-state index contributed by atoms with van der Waals surface area (Å²) in [5.74, 6) is -2.75. The van der Waals surface area contributed by atoms with Crippen LogP contribution >= 0.6 is 11.3 Å². The zero-order valence-corrected chi connectivity index (χ0v) is 14.1. The number of alkyl halides is 2. The summed E-state index contributed by atoms with van der Waals surface area (Å²) in [4.78, 5) is 18.4. The van der Waals surface area contributed by atoms with Crippen molar-refractivity contribution in [1.82, 2.24) is 20.1 Å². The Labute approximate surface area is 145 Å². The SMILES string of the molecule is O=c1[nH]c2c(c3cc(-c4cn[nH]c4)sc13)CC(F)(F)C[C@@H]2N1CCC1. The van der Waals surface area contributed by atoms with Crippen molar-refractivity contribution in [3.63, 3.8) is 0 Å². The molecule has 0 radical (unpaired) electrons. The van der Waals surface area contributed by atoms with Gasteiger partial charge in [0, 0.05) is 53.6 Å². The molecule has 0 unspecified atom stereocenters. The van der Waals surface area contributed by atoms with Gasteiger partial charge in [0.25, 0.3) is 11.5 Å². The first-order valence-corrected chi connectivity index (χ1v) is 9.13. The standard InChI is InChI=1S/C17H16F2N4OS/c18-17(19)5-11-10-4-13(9-7-20-21-8-9)25-15(10)16(24)22-14(11)12(6-17)23-2-1-3-23/h4,7-8,12H,1-3,5-6H2,(H,20,21)(H,22,24)/t12-/m0/s1. The molecule has 1 aliphatic heterocycles. The lowest BCUT2D eigenvalue weighted by Gasteiger charge is -2.43. The van der Waals surface area contributed by atoms with Gasteiger partial charge in [-0.2, -0.15) is 5.10 Å². The van der Waals surface area contributed by atoms with E-state index in [0.29, 0.717) is 21.3 Å². The summed E-state index contributed by atoms with van der Waals surface area (Å²) < 4.78 is 29.4. The van der Waals surface area contributed by atoms with Gasteiger partial charge in [-0.15, -0.1) is 11.3 Å². The fourth-order valence-electron chi connectivity index (χ4n) is 3.87. The predicted molar refractivity (Wildman–Crippen MR) is 92.2 cm³/mol. The van der Waals surface area contributed by atoms with Crippen molar-refractivity contribution in [2.45, 2.75) is 31.2 Å². The normalized spacial score (nSPS) is 22.7. The summed E-state index contributed by atoms with van der Waals surface area (Å²) in [5.41, 5.74) is 1.94. The van der Waals surface area contributed by atoms with E-state index in [4.69, 9.17) is 0 Å². The minimum Gasteiger partial charge on any atom is -0.323 e. The number of hydrogen-bond donors (Lipinski definition) is 2. The van der Waals surface area contributed by atoms with Crippen molar-refractivity contribution >= 4 is 21.4 Å². The smallest absolute Gasteiger partial charge is 0.266 e. The van der Waals surface area contributed by atoms with E-state index in [9.17, 15) is 13.6 Å². The molecule has 0 aromatic carbocycles. The molecule has 1 aliphatic carbocycles. The fourth-order valence-corrected chi connectivity index (χ4v) is 4.93. The van der Waals surface area contributed by atoms with E-state index >= 15 is 0 Å². The van der Waals surface area contributed by atoms with E-state index in [1.54, 1.807) is 12.4 Å². The van der Waals surface area contributed by atoms with Crippen molar-refractivity contribution < 1.29 is 8.78 Å². The summed E-state index contributed by atoms with van der Waals surface area (Å²) in [6.45, 7) is 1.62. The van der Waals surface area contributed by atoms with Crippen LogP contribution in [0.15, 0.2) is 23.3 Å². The lowest BCUT2D eigenvalue weighted by atomic mass is 9.85. The number of aromatic nitrogens is 3. The number of nitrogens with zero attached hydrogens (tertiary/aromatic N) is 2. The summed E-state index contributed by atoms with van der Waals surface area (Å²) in [5, 5.41) is 7.33. The van der Waals surface area contributed by atoms with Gasteiger partial charge in [-0.05, 0) is 18.1 Å². The van der Waals surface area contributed by atoms with Crippen LogP contribution in [0.2, 0.25) is 0 Å². The second-order valence-corrected chi connectivity index (χ2v) is 7.88. The summed E-state index contributed by atoms with van der Waals surface area (Å²) >= 11 is 1.32. The Balaban J connectivity index is 1.74. The average molecular weight is 362 g/mol. The molecule has 1 fully saturated rings. The third kappa shape index (κ3) is 2.35. The molecule has 2 N–H and O–H groups in total. The number of fused-ring (bicyclic) bond motifs is 3. The number of H-pyrrole nitrogens is 2. The summed E-state index contributed by atoms with van der Waals surface area (Å²) in [7, 11) is 0. The van der Waals surface area contributed by atoms with Crippen LogP contribution in [-0.2, 0) is 6.42 Å². The largest absolute Gasteiger partial charge is 0.323 e. The van der Waals surface area contributed by atoms with Crippen molar-refractivity contribution in [2.75, 3.05) is 13.1 Å². The highest BCUT2D eigenvalue weighted by Crippen LogP contribution is 2.45. The highest BCUT2D eigenvalue weighted by atomic mass is 32.1. The van der Waals surface area contributed by atoms with Crippen LogP contribution in [0.5, 0.6) is 0 Å². The highest BCUT2D eigenvalue weighted by Gasteiger charge is 2.44. The van der Waals surface area contributed by atoms with E-state index < -0.39 is 12.0 Å². The quantitative estimate of drug-likeness (QED) is 0.735. The zero-order chi connectivity index (χ0) is 17.2. The minimum atomic E-state index is -2.75. The fraction of sp³-hybridized carbons (Fsp3) is 0.412. The number of hydrogen-bond acceptors (Lipinski definition) is 4. The maximum absolute atomic E-state index is 14.4. The van der Waals surface area contributed by atoms with Crippen molar-refractivity contribution in [1.29, 1.82) is 0 Å². The molecule has 8 heteroatoms. The molecule has 1 saturated heterocycles. The van der Waals surface area contributed by atoms with E-state index in [1.165, 1.54) is 11.3 Å². The number of likely N-dealkylation sites (tertiary alicyclic amines) is 1. The first-order valence-electron chi connectivity index (χ1n) is 8.31. The number of thiophene rings is 1. The molecule has 0 amide bonds. The van der Waals surface area contributed by atoms with Crippen LogP contribution in [0, 0.1) is 0 Å². The first-order chi connectivity index (χ1) is 12.0. The van der Waals surface area contributed by atoms with Crippen LogP contribution in [0.3, 0.4) is 0 Å². The Bertz CT molecular complexity index is 1000. The monoisotopic (exact) mass is 362 g/mol. The van der Waals surface area contributed by atoms with Gasteiger partial charge in [-0.3, -0.25) is 14.8 Å². The second kappa shape index (κ2) is 5.22. The number of aromatic amines is 2. The number of rotatable bonds is 2. The molecule has 2 aliphatic rings. The van der Waals surface area contributed by atoms with E-state index in [2.05, 4.69) is 15.2 Å². The molecular weight excluding hydrogens is 346 g/mol. The predicted octanol–water partition coefficient (Wildman–Crippen LogP) is 3.31. The van der Waals surface area contributed by atoms with Gasteiger partial charge in [-0.25, -0.2) is 8.78 Å². The van der Waals surface area contributed by atoms with E-state index in [-0.39, 0.29) is 18.4 Å². The molecule has 1 atom stereocenters. The molecule has 0 saturated carbocycles. The molecule has 130 valence electrons. The Morgan fingerprint density at radius 2 is 2.20 bits per heavy atom. The van der Waals surface area contributed by atoms with Gasteiger partial charge in [-0.1, -0.05) is 0 Å². The van der Waals surface area contributed by atoms with Gasteiger partial charge >= 0.3 is 0 Å². The van der Waals surface area contributed by atoms with Crippen LogP contribution < -0.4 is 5.56 Å². The third-order valence-corrected chi connectivity index (χ3v) is 6.39. The lowest BCUT2D eigenvalue weighted by molar-refractivity contribution is -0.0527. The maximum atomic E-state index is 14.4. The summed E-state index contributed by atoms with van der Waals surface area (Å²) in [6.07, 6.45) is 3.89. The molecule has 0 spiro atoms. The van der Waals surface area contributed by atoms with Crippen LogP contribution in [0.1, 0.15) is 30.1 Å². The Morgan fingerprint density at radius 1 is 1.36 bits per heavy atom. The zero-order valence-electron chi connectivity index (χ0n) is 13.3. The molecular formula is C17H16F2N4OS. The Hall–Kier alpha value is -2.06. The molecule has 5 nitrogen and oxygen atoms in total. The number of halogens is 2. The topological polar surface area (TPSA) is 64.8 Å². The highest BCUT2D eigenvalue weighted by molar-refractivity contribution is 7.22. The molecule has 25 heavy (non-hydrogen) atoms. The van der Waals surface area contributed by atoms with Gasteiger partial charge in [0.2, 0.25) is 0 Å². The number of pyridine rings is 1. The molecule has 4 heterocycles. The van der Waals surface area contributed by atoms with Crippen molar-refractivity contribution in [2.24, 2.45) is 0 Å². The molecule has 3 aromatic heterocycles. The van der Waals surface area contributed by atoms with Crippen LogP contribution in [0.25, 0.3) is 20.5 Å². The Kier molecular flexibility index (Phi) is 3.18. The summed E-state index contributed by atoms with van der Waals surface area (Å²) in [6, 6.07) is 1.45. The van der Waals surface area contributed by atoms with Gasteiger partial charge in [0.1, 0.15) is 4.70 Å². The minimum absolute atomic E-state index is 0.191. The Morgan fingerprint density at radius 3 is 2.88 bits per heavy atom. The van der Waals surface area contributed by atoms with Crippen molar-refractivity contribution in [3.05, 3.63) is 40.1 Å². The van der Waals surface area contributed by atoms with E-state index in [0.717, 1.165) is 30.0 Å².